The molecule has 0 spiro atoms. The average molecular weight is 268 g/mol. The van der Waals surface area contributed by atoms with Crippen LogP contribution in [0, 0.1) is 10.8 Å². The summed E-state index contributed by atoms with van der Waals surface area (Å²) in [4.78, 5) is 0. The molecule has 0 bridgehead atoms. The Morgan fingerprint density at radius 1 is 0.900 bits per heavy atom. The molecule has 0 heterocycles. The van der Waals surface area contributed by atoms with Gasteiger partial charge in [0.2, 0.25) is 0 Å². The van der Waals surface area contributed by atoms with Crippen molar-refractivity contribution in [1.29, 1.82) is 0 Å². The zero-order valence-corrected chi connectivity index (χ0v) is 13.8. The third-order valence-corrected chi connectivity index (χ3v) is 4.74. The molecule has 0 radical (unpaired) electrons. The topological polar surface area (TPSA) is 0 Å². The van der Waals surface area contributed by atoms with Gasteiger partial charge in [0.15, 0.2) is 0 Å². The molecule has 1 atom stereocenters. The van der Waals surface area contributed by atoms with Crippen LogP contribution in [0.25, 0.3) is 0 Å². The number of rotatable bonds is 1. The van der Waals surface area contributed by atoms with Gasteiger partial charge in [-0.1, -0.05) is 95.7 Å². The second kappa shape index (κ2) is 4.91. The minimum atomic E-state index is 0.0889. The van der Waals surface area contributed by atoms with Crippen molar-refractivity contribution < 1.29 is 0 Å². The minimum Gasteiger partial charge on any atom is -0.0731 e. The molecule has 0 saturated carbocycles. The lowest BCUT2D eigenvalue weighted by atomic mass is 9.57. The summed E-state index contributed by atoms with van der Waals surface area (Å²) in [5.74, 6) is 0. The third-order valence-electron chi connectivity index (χ3n) is 4.74. The predicted octanol–water partition coefficient (Wildman–Crippen LogP) is 5.90. The summed E-state index contributed by atoms with van der Waals surface area (Å²) in [7, 11) is 0. The molecule has 0 amide bonds. The van der Waals surface area contributed by atoms with Crippen molar-refractivity contribution >= 4 is 0 Å². The van der Waals surface area contributed by atoms with Gasteiger partial charge in [0.05, 0.1) is 0 Å². The van der Waals surface area contributed by atoms with Gasteiger partial charge in [-0.05, 0) is 22.8 Å². The van der Waals surface area contributed by atoms with E-state index in [9.17, 15) is 0 Å². The van der Waals surface area contributed by atoms with E-state index in [0.29, 0.717) is 0 Å². The smallest absolute Gasteiger partial charge is 0.0221 e. The molecular formula is C20H28. The molecule has 0 fully saturated rings. The SMILES string of the molecule is CC(C)(C)C1=CC=CC(c2ccccc2)(C(C)(C)C)C1. The monoisotopic (exact) mass is 268 g/mol. The zero-order chi connectivity index (χ0) is 15.0. The highest BCUT2D eigenvalue weighted by molar-refractivity contribution is 5.41. The average Bonchev–Trinajstić information content (AvgIpc) is 2.37. The van der Waals surface area contributed by atoms with E-state index < -0.39 is 0 Å². The van der Waals surface area contributed by atoms with Crippen LogP contribution >= 0.6 is 0 Å². The van der Waals surface area contributed by atoms with Gasteiger partial charge in [-0.2, -0.15) is 0 Å². The molecule has 1 aliphatic rings. The highest BCUT2D eigenvalue weighted by atomic mass is 14.5. The molecule has 1 unspecified atom stereocenters. The van der Waals surface area contributed by atoms with Crippen LogP contribution in [0.2, 0.25) is 0 Å². The molecule has 0 N–H and O–H groups in total. The Balaban J connectivity index is 2.54. The van der Waals surface area contributed by atoms with Crippen LogP contribution in [0.3, 0.4) is 0 Å². The number of allylic oxidation sites excluding steroid dienone is 4. The molecular weight excluding hydrogens is 240 g/mol. The standard InChI is InChI=1S/C20H28/c1-18(2,3)17-13-10-14-20(15-17,19(4,5)6)16-11-8-7-9-12-16/h7-14H,15H2,1-6H3. The van der Waals surface area contributed by atoms with E-state index in [4.69, 9.17) is 0 Å². The van der Waals surface area contributed by atoms with Crippen LogP contribution in [-0.2, 0) is 5.41 Å². The first-order valence-corrected chi connectivity index (χ1v) is 7.61. The van der Waals surface area contributed by atoms with Gasteiger partial charge in [0.25, 0.3) is 0 Å². The minimum absolute atomic E-state index is 0.0889. The fourth-order valence-corrected chi connectivity index (χ4v) is 3.14. The fraction of sp³-hybridized carbons (Fsp3) is 0.500. The summed E-state index contributed by atoms with van der Waals surface area (Å²) >= 11 is 0. The maximum Gasteiger partial charge on any atom is 0.0221 e. The van der Waals surface area contributed by atoms with Crippen molar-refractivity contribution in [3.63, 3.8) is 0 Å². The maximum absolute atomic E-state index is 2.41. The first-order chi connectivity index (χ1) is 9.17. The van der Waals surface area contributed by atoms with Crippen LogP contribution in [0.1, 0.15) is 53.5 Å². The predicted molar refractivity (Wildman–Crippen MR) is 88.9 cm³/mol. The third kappa shape index (κ3) is 2.61. The Hall–Kier alpha value is -1.30. The Kier molecular flexibility index (Phi) is 3.71. The number of hydrogen-bond donors (Lipinski definition) is 0. The van der Waals surface area contributed by atoms with Gasteiger partial charge in [-0.3, -0.25) is 0 Å². The maximum atomic E-state index is 2.41. The zero-order valence-electron chi connectivity index (χ0n) is 13.8. The summed E-state index contributed by atoms with van der Waals surface area (Å²) in [5, 5.41) is 0. The van der Waals surface area contributed by atoms with Crippen LogP contribution in [0.15, 0.2) is 54.1 Å². The van der Waals surface area contributed by atoms with Crippen molar-refractivity contribution in [2.75, 3.05) is 0 Å². The molecule has 20 heavy (non-hydrogen) atoms. The van der Waals surface area contributed by atoms with Gasteiger partial charge >= 0.3 is 0 Å². The molecule has 108 valence electrons. The van der Waals surface area contributed by atoms with E-state index in [2.05, 4.69) is 90.1 Å². The van der Waals surface area contributed by atoms with E-state index in [1.807, 2.05) is 0 Å². The van der Waals surface area contributed by atoms with Gasteiger partial charge in [0, 0.05) is 5.41 Å². The summed E-state index contributed by atoms with van der Waals surface area (Å²) < 4.78 is 0. The number of benzene rings is 1. The Bertz CT molecular complexity index is 517. The van der Waals surface area contributed by atoms with E-state index >= 15 is 0 Å². The molecule has 1 aliphatic carbocycles. The van der Waals surface area contributed by atoms with Crippen LogP contribution < -0.4 is 0 Å². The molecule has 1 aromatic carbocycles. The fourth-order valence-electron chi connectivity index (χ4n) is 3.14. The summed E-state index contributed by atoms with van der Waals surface area (Å²) in [6.45, 7) is 14.0. The van der Waals surface area contributed by atoms with Crippen molar-refractivity contribution in [3.05, 3.63) is 59.7 Å². The molecule has 0 aliphatic heterocycles. The van der Waals surface area contributed by atoms with Crippen molar-refractivity contribution in [3.8, 4) is 0 Å². The van der Waals surface area contributed by atoms with Crippen LogP contribution in [0.4, 0.5) is 0 Å². The summed E-state index contributed by atoms with van der Waals surface area (Å²) in [6.07, 6.45) is 8.10. The van der Waals surface area contributed by atoms with E-state index in [1.54, 1.807) is 5.57 Å². The quantitative estimate of drug-likeness (QED) is 0.594. The molecule has 0 saturated heterocycles. The largest absolute Gasteiger partial charge is 0.0731 e. The van der Waals surface area contributed by atoms with Gasteiger partial charge in [-0.15, -0.1) is 0 Å². The molecule has 0 aromatic heterocycles. The first-order valence-electron chi connectivity index (χ1n) is 7.61. The van der Waals surface area contributed by atoms with E-state index in [1.165, 1.54) is 5.56 Å². The van der Waals surface area contributed by atoms with Crippen molar-refractivity contribution in [2.45, 2.75) is 53.4 Å². The molecule has 0 heteroatoms. The van der Waals surface area contributed by atoms with Gasteiger partial charge in [0.1, 0.15) is 0 Å². The van der Waals surface area contributed by atoms with Crippen molar-refractivity contribution in [2.24, 2.45) is 10.8 Å². The highest BCUT2D eigenvalue weighted by Crippen LogP contribution is 2.51. The van der Waals surface area contributed by atoms with E-state index in [0.717, 1.165) is 6.42 Å². The van der Waals surface area contributed by atoms with Gasteiger partial charge in [-0.25, -0.2) is 0 Å². The second-order valence-corrected chi connectivity index (χ2v) is 8.07. The van der Waals surface area contributed by atoms with Gasteiger partial charge < -0.3 is 0 Å². The summed E-state index contributed by atoms with van der Waals surface area (Å²) in [6, 6.07) is 11.0. The molecule has 0 nitrogen and oxygen atoms in total. The highest BCUT2D eigenvalue weighted by Gasteiger charge is 2.43. The lowest BCUT2D eigenvalue weighted by molar-refractivity contribution is 0.222. The number of hydrogen-bond acceptors (Lipinski definition) is 0. The molecule has 2 rings (SSSR count). The lowest BCUT2D eigenvalue weighted by Crippen LogP contribution is -2.41. The second-order valence-electron chi connectivity index (χ2n) is 8.07. The first kappa shape index (κ1) is 15.1. The Labute approximate surface area is 124 Å². The Morgan fingerprint density at radius 3 is 2.00 bits per heavy atom. The summed E-state index contributed by atoms with van der Waals surface area (Å²) in [5.41, 5.74) is 3.48. The van der Waals surface area contributed by atoms with E-state index in [-0.39, 0.29) is 16.2 Å². The molecule has 1 aromatic rings. The van der Waals surface area contributed by atoms with Crippen LogP contribution in [-0.4, -0.2) is 0 Å². The van der Waals surface area contributed by atoms with Crippen LogP contribution in [0.5, 0.6) is 0 Å². The lowest BCUT2D eigenvalue weighted by Gasteiger charge is -2.47. The Morgan fingerprint density at radius 2 is 1.50 bits per heavy atom. The van der Waals surface area contributed by atoms with Crippen molar-refractivity contribution in [1.82, 2.24) is 0 Å². The normalized spacial score (nSPS) is 23.6.